The molecule has 0 aromatic heterocycles. The summed E-state index contributed by atoms with van der Waals surface area (Å²) in [4.78, 5) is 2.65. The van der Waals surface area contributed by atoms with Crippen LogP contribution < -0.4 is 5.32 Å². The topological polar surface area (TPSA) is 55.7 Å². The van der Waals surface area contributed by atoms with Crippen LogP contribution in [0.2, 0.25) is 0 Å². The summed E-state index contributed by atoms with van der Waals surface area (Å²) in [5.74, 6) is 0.210. The SMILES string of the molecule is CC(O)C12CCCN3CCC4(c5ccccc5NC4C(CO)C1)C32. The molecule has 1 aromatic rings. The van der Waals surface area contributed by atoms with Crippen LogP contribution in [-0.2, 0) is 5.41 Å². The lowest BCUT2D eigenvalue weighted by atomic mass is 9.49. The monoisotopic (exact) mass is 328 g/mol. The van der Waals surface area contributed by atoms with Gasteiger partial charge < -0.3 is 15.5 Å². The largest absolute Gasteiger partial charge is 0.396 e. The zero-order chi connectivity index (χ0) is 16.5. The summed E-state index contributed by atoms with van der Waals surface area (Å²) in [6, 6.07) is 9.40. The van der Waals surface area contributed by atoms with Crippen LogP contribution in [0.4, 0.5) is 5.69 Å². The highest BCUT2D eigenvalue weighted by molar-refractivity contribution is 5.65. The van der Waals surface area contributed by atoms with Crippen molar-refractivity contribution in [2.45, 2.75) is 56.2 Å². The van der Waals surface area contributed by atoms with E-state index in [9.17, 15) is 10.2 Å². The number of benzene rings is 1. The van der Waals surface area contributed by atoms with Gasteiger partial charge in [0.05, 0.1) is 6.10 Å². The Morgan fingerprint density at radius 1 is 1.29 bits per heavy atom. The van der Waals surface area contributed by atoms with Crippen LogP contribution in [-0.4, -0.2) is 53.0 Å². The van der Waals surface area contributed by atoms with Gasteiger partial charge in [-0.2, -0.15) is 0 Å². The van der Waals surface area contributed by atoms with Gasteiger partial charge in [-0.05, 0) is 57.3 Å². The summed E-state index contributed by atoms with van der Waals surface area (Å²) in [5.41, 5.74) is 2.62. The fourth-order valence-corrected chi connectivity index (χ4v) is 7.01. The van der Waals surface area contributed by atoms with Crippen LogP contribution in [0.1, 0.15) is 38.2 Å². The van der Waals surface area contributed by atoms with Crippen molar-refractivity contribution in [3.8, 4) is 0 Å². The van der Waals surface area contributed by atoms with Gasteiger partial charge in [-0.3, -0.25) is 4.90 Å². The number of piperidine rings is 1. The number of para-hydroxylation sites is 1. The van der Waals surface area contributed by atoms with Crippen molar-refractivity contribution in [3.05, 3.63) is 29.8 Å². The van der Waals surface area contributed by atoms with Gasteiger partial charge in [-0.15, -0.1) is 0 Å². The number of rotatable bonds is 2. The highest BCUT2D eigenvalue weighted by atomic mass is 16.3. The van der Waals surface area contributed by atoms with Crippen LogP contribution in [0.15, 0.2) is 24.3 Å². The maximum atomic E-state index is 10.9. The molecule has 1 aromatic carbocycles. The van der Waals surface area contributed by atoms with E-state index in [0.29, 0.717) is 12.1 Å². The van der Waals surface area contributed by atoms with Gasteiger partial charge in [-0.25, -0.2) is 0 Å². The lowest BCUT2D eigenvalue weighted by Crippen LogP contribution is -2.69. The van der Waals surface area contributed by atoms with Crippen molar-refractivity contribution in [2.75, 3.05) is 25.0 Å². The molecular formula is C20H28N2O2. The summed E-state index contributed by atoms with van der Waals surface area (Å²) in [6.45, 7) is 4.45. The number of hydrogen-bond acceptors (Lipinski definition) is 4. The molecule has 4 aliphatic rings. The molecule has 4 nitrogen and oxygen atoms in total. The number of nitrogens with one attached hydrogen (secondary N) is 1. The maximum absolute atomic E-state index is 10.9. The number of aliphatic hydroxyl groups is 2. The lowest BCUT2D eigenvalue weighted by molar-refractivity contribution is -0.120. The van der Waals surface area contributed by atoms with Crippen LogP contribution in [0, 0.1) is 11.3 Å². The summed E-state index contributed by atoms with van der Waals surface area (Å²) in [5, 5.41) is 24.8. The number of anilines is 1. The van der Waals surface area contributed by atoms with Crippen LogP contribution in [0.25, 0.3) is 0 Å². The second kappa shape index (κ2) is 4.96. The molecule has 3 fully saturated rings. The summed E-state index contributed by atoms with van der Waals surface area (Å²) in [7, 11) is 0. The lowest BCUT2D eigenvalue weighted by Gasteiger charge is -2.61. The van der Waals surface area contributed by atoms with Gasteiger partial charge in [0, 0.05) is 41.1 Å². The Labute approximate surface area is 143 Å². The molecular weight excluding hydrogens is 300 g/mol. The molecule has 0 bridgehead atoms. The van der Waals surface area contributed by atoms with Crippen LogP contribution in [0.5, 0.6) is 0 Å². The normalized spacial score (nSPS) is 44.4. The van der Waals surface area contributed by atoms with E-state index in [1.165, 1.54) is 11.3 Å². The van der Waals surface area contributed by atoms with Crippen LogP contribution in [0.3, 0.4) is 0 Å². The molecule has 6 atom stereocenters. The zero-order valence-electron chi connectivity index (χ0n) is 14.4. The highest BCUT2D eigenvalue weighted by Gasteiger charge is 2.69. The van der Waals surface area contributed by atoms with E-state index in [-0.39, 0.29) is 29.5 Å². The first-order chi connectivity index (χ1) is 11.6. The van der Waals surface area contributed by atoms with E-state index in [4.69, 9.17) is 0 Å². The molecule has 1 saturated carbocycles. The van der Waals surface area contributed by atoms with Crippen molar-refractivity contribution >= 4 is 5.69 Å². The minimum atomic E-state index is -0.331. The van der Waals surface area contributed by atoms with Gasteiger partial charge in [0.15, 0.2) is 0 Å². The Kier molecular flexibility index (Phi) is 3.14. The number of nitrogens with zero attached hydrogens (tertiary/aromatic N) is 1. The first-order valence-electron chi connectivity index (χ1n) is 9.52. The van der Waals surface area contributed by atoms with Crippen LogP contribution >= 0.6 is 0 Å². The third-order valence-electron chi connectivity index (χ3n) is 7.77. The molecule has 4 heteroatoms. The molecule has 24 heavy (non-hydrogen) atoms. The van der Waals surface area contributed by atoms with E-state index < -0.39 is 0 Å². The van der Waals surface area contributed by atoms with E-state index in [1.54, 1.807) is 0 Å². The Morgan fingerprint density at radius 2 is 2.12 bits per heavy atom. The molecule has 1 spiro atoms. The predicted molar refractivity (Wildman–Crippen MR) is 94.0 cm³/mol. The van der Waals surface area contributed by atoms with Crippen molar-refractivity contribution < 1.29 is 10.2 Å². The summed E-state index contributed by atoms with van der Waals surface area (Å²) >= 11 is 0. The smallest absolute Gasteiger partial charge is 0.0583 e. The quantitative estimate of drug-likeness (QED) is 0.777. The van der Waals surface area contributed by atoms with Gasteiger partial charge in [0.1, 0.15) is 0 Å². The molecule has 3 aliphatic heterocycles. The molecule has 3 heterocycles. The first-order valence-corrected chi connectivity index (χ1v) is 9.52. The second-order valence-electron chi connectivity index (χ2n) is 8.56. The Balaban J connectivity index is 1.75. The fourth-order valence-electron chi connectivity index (χ4n) is 7.01. The van der Waals surface area contributed by atoms with E-state index in [2.05, 4.69) is 34.5 Å². The zero-order valence-corrected chi connectivity index (χ0v) is 14.4. The molecule has 130 valence electrons. The average Bonchev–Trinajstić information content (AvgIpc) is 3.15. The molecule has 1 aliphatic carbocycles. The second-order valence-corrected chi connectivity index (χ2v) is 8.56. The van der Waals surface area contributed by atoms with Crippen molar-refractivity contribution in [3.63, 3.8) is 0 Å². The Bertz CT molecular complexity index is 663. The van der Waals surface area contributed by atoms with Gasteiger partial charge in [0.2, 0.25) is 0 Å². The molecule has 0 amide bonds. The minimum Gasteiger partial charge on any atom is -0.396 e. The van der Waals surface area contributed by atoms with Crippen molar-refractivity contribution in [1.82, 2.24) is 4.90 Å². The molecule has 2 saturated heterocycles. The average molecular weight is 328 g/mol. The molecule has 0 radical (unpaired) electrons. The number of fused-ring (bicyclic) bond motifs is 1. The van der Waals surface area contributed by atoms with Crippen molar-refractivity contribution in [2.24, 2.45) is 11.3 Å². The van der Waals surface area contributed by atoms with E-state index >= 15 is 0 Å². The minimum absolute atomic E-state index is 0.0413. The molecule has 6 unspecified atom stereocenters. The fraction of sp³-hybridized carbons (Fsp3) is 0.700. The Hall–Kier alpha value is -1.10. The van der Waals surface area contributed by atoms with E-state index in [0.717, 1.165) is 38.8 Å². The standard InChI is InChI=1S/C20H28N2O2/c1-13(24)19-7-4-9-22-10-8-20(18(19)22)15-5-2-3-6-16(15)21-17(20)14(11-19)12-23/h2-3,5-6,13-14,17-18,21,23-24H,4,7-12H2,1H3. The third kappa shape index (κ3) is 1.60. The van der Waals surface area contributed by atoms with Gasteiger partial charge in [-0.1, -0.05) is 18.2 Å². The molecule has 3 N–H and O–H groups in total. The third-order valence-corrected chi connectivity index (χ3v) is 7.77. The van der Waals surface area contributed by atoms with Gasteiger partial charge in [0.25, 0.3) is 0 Å². The molecule has 5 rings (SSSR count). The highest BCUT2D eigenvalue weighted by Crippen LogP contribution is 2.65. The van der Waals surface area contributed by atoms with Crippen molar-refractivity contribution in [1.29, 1.82) is 0 Å². The summed E-state index contributed by atoms with van der Waals surface area (Å²) in [6.07, 6.45) is 3.98. The number of hydrogen-bond donors (Lipinski definition) is 3. The van der Waals surface area contributed by atoms with Gasteiger partial charge >= 0.3 is 0 Å². The van der Waals surface area contributed by atoms with E-state index in [1.807, 2.05) is 6.92 Å². The summed E-state index contributed by atoms with van der Waals surface area (Å²) < 4.78 is 0. The Morgan fingerprint density at radius 3 is 2.92 bits per heavy atom. The predicted octanol–water partition coefficient (Wildman–Crippen LogP) is 1.97. The maximum Gasteiger partial charge on any atom is 0.0583 e. The first kappa shape index (κ1) is 15.2. The number of aliphatic hydroxyl groups excluding tert-OH is 2.